The Morgan fingerprint density at radius 1 is 1.31 bits per heavy atom. The number of anilines is 1. The minimum Gasteiger partial charge on any atom is -0.491 e. The maximum Gasteiger partial charge on any atom is 0.121 e. The van der Waals surface area contributed by atoms with Gasteiger partial charge in [-0.15, -0.1) is 0 Å². The lowest BCUT2D eigenvalue weighted by Crippen LogP contribution is -2.25. The Labute approximate surface area is 96.0 Å². The Kier molecular flexibility index (Phi) is 5.08. The lowest BCUT2D eigenvalue weighted by molar-refractivity contribution is -0.0122. The number of hydrogen-bond acceptors (Lipinski definition) is 4. The van der Waals surface area contributed by atoms with Crippen LogP contribution in [0.4, 0.5) is 5.69 Å². The molecule has 0 fully saturated rings. The van der Waals surface area contributed by atoms with Gasteiger partial charge in [0.2, 0.25) is 0 Å². The largest absolute Gasteiger partial charge is 0.491 e. The van der Waals surface area contributed by atoms with Gasteiger partial charge in [0.25, 0.3) is 0 Å². The summed E-state index contributed by atoms with van der Waals surface area (Å²) in [7, 11) is 0. The van der Waals surface area contributed by atoms with Crippen molar-refractivity contribution in [2.45, 2.75) is 26.1 Å². The molecule has 0 amide bonds. The molecule has 0 spiro atoms. The zero-order valence-electron chi connectivity index (χ0n) is 9.72. The van der Waals surface area contributed by atoms with Crippen LogP contribution in [0.15, 0.2) is 24.3 Å². The van der Waals surface area contributed by atoms with Crippen LogP contribution in [0.25, 0.3) is 0 Å². The number of hydrogen-bond donors (Lipinski definition) is 2. The van der Waals surface area contributed by atoms with E-state index in [-0.39, 0.29) is 19.3 Å². The van der Waals surface area contributed by atoms with Crippen LogP contribution in [0.5, 0.6) is 5.75 Å². The molecule has 0 saturated carbocycles. The van der Waals surface area contributed by atoms with E-state index in [1.807, 2.05) is 19.9 Å². The molecule has 16 heavy (non-hydrogen) atoms. The van der Waals surface area contributed by atoms with Gasteiger partial charge >= 0.3 is 0 Å². The molecule has 3 N–H and O–H groups in total. The first-order valence-electron chi connectivity index (χ1n) is 5.36. The van der Waals surface area contributed by atoms with Gasteiger partial charge < -0.3 is 20.3 Å². The molecule has 1 aromatic carbocycles. The van der Waals surface area contributed by atoms with E-state index in [0.717, 1.165) is 0 Å². The highest BCUT2D eigenvalue weighted by atomic mass is 16.5. The first kappa shape index (κ1) is 12.8. The quantitative estimate of drug-likeness (QED) is 0.719. The van der Waals surface area contributed by atoms with Gasteiger partial charge in [-0.2, -0.15) is 0 Å². The number of ether oxygens (including phenoxy) is 2. The van der Waals surface area contributed by atoms with Gasteiger partial charge in [-0.1, -0.05) is 6.07 Å². The molecular formula is C12H19NO3. The first-order valence-corrected chi connectivity index (χ1v) is 5.36. The Bertz CT molecular complexity index is 315. The van der Waals surface area contributed by atoms with Crippen molar-refractivity contribution in [3.63, 3.8) is 0 Å². The molecule has 1 unspecified atom stereocenters. The van der Waals surface area contributed by atoms with Gasteiger partial charge in [-0.05, 0) is 26.0 Å². The molecule has 0 bridgehead atoms. The first-order chi connectivity index (χ1) is 7.58. The van der Waals surface area contributed by atoms with Crippen molar-refractivity contribution in [2.24, 2.45) is 0 Å². The fraction of sp³-hybridized carbons (Fsp3) is 0.500. The average Bonchev–Trinajstić information content (AvgIpc) is 2.23. The number of nitrogens with two attached hydrogens (primary N) is 1. The van der Waals surface area contributed by atoms with Crippen LogP contribution < -0.4 is 10.5 Å². The Hall–Kier alpha value is -1.26. The van der Waals surface area contributed by atoms with Crippen LogP contribution in [0.2, 0.25) is 0 Å². The molecule has 1 atom stereocenters. The zero-order valence-corrected chi connectivity index (χ0v) is 9.72. The normalized spacial score (nSPS) is 12.8. The number of benzene rings is 1. The van der Waals surface area contributed by atoms with E-state index in [4.69, 9.17) is 15.2 Å². The van der Waals surface area contributed by atoms with E-state index >= 15 is 0 Å². The molecule has 0 aromatic heterocycles. The summed E-state index contributed by atoms with van der Waals surface area (Å²) in [5, 5.41) is 9.55. The van der Waals surface area contributed by atoms with Crippen molar-refractivity contribution in [3.8, 4) is 5.75 Å². The second-order valence-corrected chi connectivity index (χ2v) is 3.92. The zero-order chi connectivity index (χ0) is 12.0. The number of nitrogen functional groups attached to an aromatic ring is 1. The smallest absolute Gasteiger partial charge is 0.121 e. The lowest BCUT2D eigenvalue weighted by Gasteiger charge is -2.14. The Morgan fingerprint density at radius 2 is 2.06 bits per heavy atom. The molecule has 0 aliphatic rings. The van der Waals surface area contributed by atoms with Gasteiger partial charge in [0, 0.05) is 11.8 Å². The third-order valence-electron chi connectivity index (χ3n) is 1.92. The molecule has 1 rings (SSSR count). The molecule has 0 aliphatic heterocycles. The van der Waals surface area contributed by atoms with Crippen LogP contribution in [0.1, 0.15) is 13.8 Å². The van der Waals surface area contributed by atoms with Gasteiger partial charge in [-0.3, -0.25) is 0 Å². The molecule has 4 nitrogen and oxygen atoms in total. The van der Waals surface area contributed by atoms with E-state index in [9.17, 15) is 5.11 Å². The fourth-order valence-corrected chi connectivity index (χ4v) is 1.15. The molecule has 0 radical (unpaired) electrons. The number of rotatable bonds is 6. The van der Waals surface area contributed by atoms with Crippen molar-refractivity contribution >= 4 is 5.69 Å². The standard InChI is InChI=1S/C12H19NO3/c1-9(2)15-7-11(14)8-16-12-5-3-4-10(13)6-12/h3-6,9,11,14H,7-8,13H2,1-2H3. The average molecular weight is 225 g/mol. The number of aliphatic hydroxyl groups excluding tert-OH is 1. The predicted molar refractivity (Wildman–Crippen MR) is 63.4 cm³/mol. The highest BCUT2D eigenvalue weighted by Gasteiger charge is 2.06. The molecule has 0 aliphatic carbocycles. The second-order valence-electron chi connectivity index (χ2n) is 3.92. The van der Waals surface area contributed by atoms with Crippen molar-refractivity contribution in [3.05, 3.63) is 24.3 Å². The molecule has 4 heteroatoms. The highest BCUT2D eigenvalue weighted by Crippen LogP contribution is 2.14. The fourth-order valence-electron chi connectivity index (χ4n) is 1.15. The topological polar surface area (TPSA) is 64.7 Å². The minimum absolute atomic E-state index is 0.113. The molecular weight excluding hydrogens is 206 g/mol. The van der Waals surface area contributed by atoms with Crippen molar-refractivity contribution in [1.29, 1.82) is 0 Å². The lowest BCUT2D eigenvalue weighted by atomic mass is 10.3. The third-order valence-corrected chi connectivity index (χ3v) is 1.92. The van der Waals surface area contributed by atoms with Crippen molar-refractivity contribution in [2.75, 3.05) is 18.9 Å². The summed E-state index contributed by atoms with van der Waals surface area (Å²) < 4.78 is 10.6. The third kappa shape index (κ3) is 5.00. The second kappa shape index (κ2) is 6.35. The van der Waals surface area contributed by atoms with E-state index < -0.39 is 6.10 Å². The van der Waals surface area contributed by atoms with Gasteiger partial charge in [0.15, 0.2) is 0 Å². The van der Waals surface area contributed by atoms with E-state index in [2.05, 4.69) is 0 Å². The van der Waals surface area contributed by atoms with Crippen LogP contribution in [-0.4, -0.2) is 30.5 Å². The Morgan fingerprint density at radius 3 is 2.69 bits per heavy atom. The summed E-state index contributed by atoms with van der Waals surface area (Å²) in [4.78, 5) is 0. The van der Waals surface area contributed by atoms with Crippen LogP contribution in [0.3, 0.4) is 0 Å². The van der Waals surface area contributed by atoms with Crippen LogP contribution >= 0.6 is 0 Å². The SMILES string of the molecule is CC(C)OCC(O)COc1cccc(N)c1. The van der Waals surface area contributed by atoms with E-state index in [1.54, 1.807) is 18.2 Å². The summed E-state index contributed by atoms with van der Waals surface area (Å²) in [5.74, 6) is 0.656. The Balaban J connectivity index is 2.28. The molecule has 0 saturated heterocycles. The van der Waals surface area contributed by atoms with Gasteiger partial charge in [-0.25, -0.2) is 0 Å². The molecule has 1 aromatic rings. The number of aliphatic hydroxyl groups is 1. The maximum atomic E-state index is 9.55. The minimum atomic E-state index is -0.621. The molecule has 0 heterocycles. The summed E-state index contributed by atoms with van der Waals surface area (Å²) in [6, 6.07) is 7.11. The maximum absolute atomic E-state index is 9.55. The summed E-state index contributed by atoms with van der Waals surface area (Å²) in [5.41, 5.74) is 6.24. The highest BCUT2D eigenvalue weighted by molar-refractivity contribution is 5.43. The van der Waals surface area contributed by atoms with E-state index in [0.29, 0.717) is 11.4 Å². The summed E-state index contributed by atoms with van der Waals surface area (Å²) in [6.45, 7) is 4.33. The van der Waals surface area contributed by atoms with Gasteiger partial charge in [0.1, 0.15) is 18.5 Å². The summed E-state index contributed by atoms with van der Waals surface area (Å²) in [6.07, 6.45) is -0.508. The van der Waals surface area contributed by atoms with Gasteiger partial charge in [0.05, 0.1) is 12.7 Å². The molecule has 90 valence electrons. The monoisotopic (exact) mass is 225 g/mol. The summed E-state index contributed by atoms with van der Waals surface area (Å²) >= 11 is 0. The van der Waals surface area contributed by atoms with Crippen molar-refractivity contribution < 1.29 is 14.6 Å². The van der Waals surface area contributed by atoms with E-state index in [1.165, 1.54) is 0 Å². The van der Waals surface area contributed by atoms with Crippen LogP contribution in [-0.2, 0) is 4.74 Å². The predicted octanol–water partition coefficient (Wildman–Crippen LogP) is 1.43. The van der Waals surface area contributed by atoms with Crippen LogP contribution in [0, 0.1) is 0 Å². The van der Waals surface area contributed by atoms with Crippen molar-refractivity contribution in [1.82, 2.24) is 0 Å².